The molecule has 0 spiro atoms. The van der Waals surface area contributed by atoms with Gasteiger partial charge in [-0.15, -0.1) is 6.58 Å². The van der Waals surface area contributed by atoms with E-state index < -0.39 is 0 Å². The summed E-state index contributed by atoms with van der Waals surface area (Å²) in [6.07, 6.45) is 1.70. The highest BCUT2D eigenvalue weighted by atomic mass is 35.5. The standard InChI is InChI=1S/C17H24ClN3O2/c1-3-8-20(2)17(22)19-13-16(21-9-11-23-12-10-21)14-6-4-5-7-15(14)18/h3-7,16H,1,8-13H2,2H3,(H,19,22)/t16-/m1/s1. The molecule has 2 rings (SSSR count). The molecule has 0 unspecified atom stereocenters. The lowest BCUT2D eigenvalue weighted by molar-refractivity contribution is 0.0165. The van der Waals surface area contributed by atoms with E-state index >= 15 is 0 Å². The van der Waals surface area contributed by atoms with E-state index in [1.807, 2.05) is 24.3 Å². The molecule has 2 amide bonds. The van der Waals surface area contributed by atoms with Crippen LogP contribution < -0.4 is 5.32 Å². The summed E-state index contributed by atoms with van der Waals surface area (Å²) in [5.41, 5.74) is 1.03. The Balaban J connectivity index is 2.09. The Hall–Kier alpha value is -1.56. The SMILES string of the molecule is C=CCN(C)C(=O)NC[C@H](c1ccccc1Cl)N1CCOCC1. The van der Waals surface area contributed by atoms with Crippen LogP contribution in [0.5, 0.6) is 0 Å². The first-order valence-corrected chi connectivity index (χ1v) is 8.17. The van der Waals surface area contributed by atoms with E-state index in [0.717, 1.165) is 23.7 Å². The lowest BCUT2D eigenvalue weighted by Crippen LogP contribution is -2.46. The van der Waals surface area contributed by atoms with E-state index in [2.05, 4.69) is 16.8 Å². The smallest absolute Gasteiger partial charge is 0.317 e. The monoisotopic (exact) mass is 337 g/mol. The van der Waals surface area contributed by atoms with E-state index in [0.29, 0.717) is 26.3 Å². The number of carbonyl (C=O) groups is 1. The third-order valence-corrected chi connectivity index (χ3v) is 4.29. The van der Waals surface area contributed by atoms with Crippen LogP contribution in [0.2, 0.25) is 5.02 Å². The Labute approximate surface area is 142 Å². The minimum Gasteiger partial charge on any atom is -0.379 e. The number of likely N-dealkylation sites (N-methyl/N-ethyl adjacent to an activating group) is 1. The van der Waals surface area contributed by atoms with E-state index in [9.17, 15) is 4.79 Å². The third-order valence-electron chi connectivity index (χ3n) is 3.95. The van der Waals surface area contributed by atoms with Gasteiger partial charge in [-0.3, -0.25) is 4.90 Å². The molecule has 1 heterocycles. The summed E-state index contributed by atoms with van der Waals surface area (Å²) in [6.45, 7) is 7.72. The molecule has 1 atom stereocenters. The van der Waals surface area contributed by atoms with Gasteiger partial charge in [0, 0.05) is 38.2 Å². The zero-order valence-electron chi connectivity index (χ0n) is 13.5. The quantitative estimate of drug-likeness (QED) is 0.811. The number of nitrogens with zero attached hydrogens (tertiary/aromatic N) is 2. The molecule has 6 heteroatoms. The number of halogens is 1. The summed E-state index contributed by atoms with van der Waals surface area (Å²) in [5.74, 6) is 0. The van der Waals surface area contributed by atoms with Crippen LogP contribution in [-0.2, 0) is 4.74 Å². The summed E-state index contributed by atoms with van der Waals surface area (Å²) in [7, 11) is 1.75. The predicted octanol–water partition coefficient (Wildman–Crippen LogP) is 2.54. The molecular weight excluding hydrogens is 314 g/mol. The van der Waals surface area contributed by atoms with Crippen LogP contribution in [0.15, 0.2) is 36.9 Å². The molecule has 1 aliphatic rings. The number of benzene rings is 1. The average molecular weight is 338 g/mol. The fraction of sp³-hybridized carbons (Fsp3) is 0.471. The van der Waals surface area contributed by atoms with Crippen molar-refractivity contribution in [3.8, 4) is 0 Å². The summed E-state index contributed by atoms with van der Waals surface area (Å²) in [4.78, 5) is 16.0. The molecule has 5 nitrogen and oxygen atoms in total. The molecule has 0 saturated carbocycles. The van der Waals surface area contributed by atoms with Crippen LogP contribution in [0.1, 0.15) is 11.6 Å². The lowest BCUT2D eigenvalue weighted by atomic mass is 10.0. The van der Waals surface area contributed by atoms with Crippen molar-refractivity contribution in [1.29, 1.82) is 0 Å². The van der Waals surface area contributed by atoms with Crippen molar-refractivity contribution in [2.24, 2.45) is 0 Å². The van der Waals surface area contributed by atoms with Crippen LogP contribution >= 0.6 is 11.6 Å². The Morgan fingerprint density at radius 2 is 2.17 bits per heavy atom. The maximum atomic E-state index is 12.1. The minimum absolute atomic E-state index is 0.0358. The lowest BCUT2D eigenvalue weighted by Gasteiger charge is -2.35. The number of amides is 2. The Bertz CT molecular complexity index is 532. The predicted molar refractivity (Wildman–Crippen MR) is 92.8 cm³/mol. The third kappa shape index (κ3) is 4.96. The van der Waals surface area contributed by atoms with Crippen molar-refractivity contribution in [3.63, 3.8) is 0 Å². The van der Waals surface area contributed by atoms with Gasteiger partial charge in [-0.25, -0.2) is 4.79 Å². The molecule has 1 saturated heterocycles. The Kier molecular flexibility index (Phi) is 6.89. The van der Waals surface area contributed by atoms with E-state index in [4.69, 9.17) is 16.3 Å². The molecule has 1 aromatic rings. The van der Waals surface area contributed by atoms with Crippen LogP contribution in [0, 0.1) is 0 Å². The fourth-order valence-electron chi connectivity index (χ4n) is 2.67. The minimum atomic E-state index is -0.116. The van der Waals surface area contributed by atoms with Crippen molar-refractivity contribution in [3.05, 3.63) is 47.5 Å². The normalized spacial score (nSPS) is 16.6. The van der Waals surface area contributed by atoms with Crippen molar-refractivity contribution >= 4 is 17.6 Å². The number of morpholine rings is 1. The molecule has 0 radical (unpaired) electrons. The van der Waals surface area contributed by atoms with Crippen LogP contribution in [0.25, 0.3) is 0 Å². The average Bonchev–Trinajstić information content (AvgIpc) is 2.57. The first-order chi connectivity index (χ1) is 11.1. The second kappa shape index (κ2) is 8.91. The van der Waals surface area contributed by atoms with Gasteiger partial charge in [0.15, 0.2) is 0 Å². The maximum Gasteiger partial charge on any atom is 0.317 e. The molecule has 1 aliphatic heterocycles. The van der Waals surface area contributed by atoms with Gasteiger partial charge in [-0.05, 0) is 11.6 Å². The molecule has 0 bridgehead atoms. The number of hydrogen-bond donors (Lipinski definition) is 1. The zero-order valence-corrected chi connectivity index (χ0v) is 14.3. The number of urea groups is 1. The number of nitrogens with one attached hydrogen (secondary N) is 1. The molecule has 0 aromatic heterocycles. The zero-order chi connectivity index (χ0) is 16.7. The molecule has 1 aromatic carbocycles. The van der Waals surface area contributed by atoms with E-state index in [1.165, 1.54) is 0 Å². The van der Waals surface area contributed by atoms with Crippen LogP contribution in [0.3, 0.4) is 0 Å². The molecule has 1 N–H and O–H groups in total. The van der Waals surface area contributed by atoms with Crippen molar-refractivity contribution in [2.75, 3.05) is 46.4 Å². The molecule has 126 valence electrons. The van der Waals surface area contributed by atoms with Crippen molar-refractivity contribution in [1.82, 2.24) is 15.1 Å². The second-order valence-electron chi connectivity index (χ2n) is 5.54. The van der Waals surface area contributed by atoms with E-state index in [1.54, 1.807) is 18.0 Å². The summed E-state index contributed by atoms with van der Waals surface area (Å²) >= 11 is 6.37. The van der Waals surface area contributed by atoms with Gasteiger partial charge in [-0.2, -0.15) is 0 Å². The number of hydrogen-bond acceptors (Lipinski definition) is 3. The molecule has 23 heavy (non-hydrogen) atoms. The summed E-state index contributed by atoms with van der Waals surface area (Å²) in [6, 6.07) is 7.71. The van der Waals surface area contributed by atoms with Gasteiger partial charge < -0.3 is 15.0 Å². The summed E-state index contributed by atoms with van der Waals surface area (Å²) < 4.78 is 5.43. The molecular formula is C17H24ClN3O2. The topological polar surface area (TPSA) is 44.8 Å². The largest absolute Gasteiger partial charge is 0.379 e. The highest BCUT2D eigenvalue weighted by molar-refractivity contribution is 6.31. The van der Waals surface area contributed by atoms with Crippen LogP contribution in [-0.4, -0.2) is 62.3 Å². The second-order valence-corrected chi connectivity index (χ2v) is 5.95. The van der Waals surface area contributed by atoms with Gasteiger partial charge in [0.1, 0.15) is 0 Å². The molecule has 0 aliphatic carbocycles. The van der Waals surface area contributed by atoms with E-state index in [-0.39, 0.29) is 12.1 Å². The maximum absolute atomic E-state index is 12.1. The van der Waals surface area contributed by atoms with Gasteiger partial charge in [-0.1, -0.05) is 35.9 Å². The van der Waals surface area contributed by atoms with Gasteiger partial charge in [0.25, 0.3) is 0 Å². The Morgan fingerprint density at radius 1 is 1.48 bits per heavy atom. The number of rotatable bonds is 6. The first kappa shape index (κ1) is 17.8. The van der Waals surface area contributed by atoms with Gasteiger partial charge >= 0.3 is 6.03 Å². The van der Waals surface area contributed by atoms with Crippen molar-refractivity contribution < 1.29 is 9.53 Å². The molecule has 1 fully saturated rings. The Morgan fingerprint density at radius 3 is 2.83 bits per heavy atom. The van der Waals surface area contributed by atoms with Crippen molar-refractivity contribution in [2.45, 2.75) is 6.04 Å². The van der Waals surface area contributed by atoms with Gasteiger partial charge in [0.2, 0.25) is 0 Å². The highest BCUT2D eigenvalue weighted by Gasteiger charge is 2.25. The number of carbonyl (C=O) groups excluding carboxylic acids is 1. The number of ether oxygens (including phenoxy) is 1. The van der Waals surface area contributed by atoms with Gasteiger partial charge in [0.05, 0.1) is 19.3 Å². The summed E-state index contributed by atoms with van der Waals surface area (Å²) in [5, 5.41) is 3.71. The highest BCUT2D eigenvalue weighted by Crippen LogP contribution is 2.27. The van der Waals surface area contributed by atoms with Crippen LogP contribution in [0.4, 0.5) is 4.79 Å². The first-order valence-electron chi connectivity index (χ1n) is 7.79. The fourth-order valence-corrected chi connectivity index (χ4v) is 2.93.